The molecule has 0 spiro atoms. The molecule has 26 heavy (non-hydrogen) atoms. The molecule has 0 radical (unpaired) electrons. The Bertz CT molecular complexity index is 751. The van der Waals surface area contributed by atoms with Gasteiger partial charge < -0.3 is 9.47 Å². The van der Waals surface area contributed by atoms with E-state index in [4.69, 9.17) is 9.47 Å². The zero-order chi connectivity index (χ0) is 19.2. The third kappa shape index (κ3) is 5.23. The zero-order valence-corrected chi connectivity index (χ0v) is 16.1. The van der Waals surface area contributed by atoms with E-state index in [2.05, 4.69) is 24.9 Å². The van der Waals surface area contributed by atoms with Gasteiger partial charge in [-0.15, -0.1) is 0 Å². The number of rotatable bonds is 7. The van der Waals surface area contributed by atoms with Crippen molar-refractivity contribution in [3.63, 3.8) is 0 Å². The first-order chi connectivity index (χ1) is 12.4. The van der Waals surface area contributed by atoms with Crippen molar-refractivity contribution in [2.45, 2.75) is 13.3 Å². The van der Waals surface area contributed by atoms with Crippen molar-refractivity contribution in [3.8, 4) is 11.8 Å². The van der Waals surface area contributed by atoms with Crippen LogP contribution in [0.5, 0.6) is 11.8 Å². The quantitative estimate of drug-likeness (QED) is 0.525. The Labute approximate surface area is 155 Å². The molecule has 0 saturated carbocycles. The van der Waals surface area contributed by atoms with Crippen LogP contribution in [-0.2, 0) is 10.2 Å². The van der Waals surface area contributed by atoms with Gasteiger partial charge in [0.05, 0.1) is 20.3 Å². The van der Waals surface area contributed by atoms with Gasteiger partial charge in [-0.1, -0.05) is 15.9 Å². The van der Waals surface area contributed by atoms with Crippen molar-refractivity contribution in [2.24, 2.45) is 9.63 Å². The van der Waals surface area contributed by atoms with Gasteiger partial charge in [0.2, 0.25) is 17.7 Å². The van der Waals surface area contributed by atoms with E-state index in [0.717, 1.165) is 22.2 Å². The smallest absolute Gasteiger partial charge is 0.367 e. The van der Waals surface area contributed by atoms with Crippen LogP contribution < -0.4 is 14.8 Å². The van der Waals surface area contributed by atoms with E-state index in [0.29, 0.717) is 18.8 Å². The number of carbonyl (C=O) groups is 1. The van der Waals surface area contributed by atoms with E-state index in [1.165, 1.54) is 20.3 Å². The van der Waals surface area contributed by atoms with Crippen LogP contribution in [0, 0.1) is 0 Å². The molecule has 0 atom stereocenters. The summed E-state index contributed by atoms with van der Waals surface area (Å²) in [7, 11) is -1.35. The molecule has 1 fully saturated rings. The van der Waals surface area contributed by atoms with E-state index >= 15 is 0 Å². The van der Waals surface area contributed by atoms with Gasteiger partial charge in [-0.3, -0.25) is 5.32 Å². The Hall–Kier alpha value is -2.03. The maximum atomic E-state index is 12.2. The predicted molar refractivity (Wildman–Crippen MR) is 94.1 cm³/mol. The molecule has 2 rings (SSSR count). The number of anilines is 1. The number of nitrogens with zero attached hydrogens (tertiary/aromatic N) is 6. The molecule has 1 aliphatic rings. The highest BCUT2D eigenvalue weighted by molar-refractivity contribution is 8.08. The minimum absolute atomic E-state index is 0.153. The third-order valence-corrected chi connectivity index (χ3v) is 5.62. The molecule has 0 aliphatic carbocycles. The average molecular weight is 405 g/mol. The molecule has 1 aliphatic heterocycles. The van der Waals surface area contributed by atoms with Crippen molar-refractivity contribution in [1.29, 1.82) is 0 Å². The van der Waals surface area contributed by atoms with Crippen LogP contribution in [0.15, 0.2) is 15.7 Å². The molecular formula is C12H19N7O5S2. The standard InChI is InChI=1S/C12H19N7O5S2/c1-4-5-18-6-7-25-19(18)26(21,22)17-16-12(20)15-11-13-9(23-2)8-10(14-11)24-3/h8H,4-7H2,1-3H3,(H,13,14,15,20). The van der Waals surface area contributed by atoms with Gasteiger partial charge in [-0.2, -0.15) is 18.4 Å². The molecule has 1 N–H and O–H groups in total. The topological polar surface area (TPSA) is 139 Å². The van der Waals surface area contributed by atoms with Crippen LogP contribution in [0.4, 0.5) is 10.7 Å². The molecule has 2 amide bonds. The molecule has 1 aromatic heterocycles. The zero-order valence-electron chi connectivity index (χ0n) is 14.4. The molecule has 0 unspecified atom stereocenters. The number of carbonyl (C=O) groups excluding carboxylic acids is 1. The first kappa shape index (κ1) is 20.3. The molecule has 144 valence electrons. The second-order valence-electron chi connectivity index (χ2n) is 4.86. The number of amides is 2. The van der Waals surface area contributed by atoms with Crippen LogP contribution in [0.1, 0.15) is 13.3 Å². The Balaban J connectivity index is 2.07. The van der Waals surface area contributed by atoms with Crippen LogP contribution in [0.3, 0.4) is 0 Å². The molecule has 0 bridgehead atoms. The summed E-state index contributed by atoms with van der Waals surface area (Å²) in [5, 5.41) is 7.02. The fourth-order valence-corrected chi connectivity index (χ4v) is 4.28. The van der Waals surface area contributed by atoms with E-state index in [9.17, 15) is 13.2 Å². The SMILES string of the molecule is CCCN1CCSN1S(=O)(=O)N=NC(=O)Nc1nc(OC)cc(OC)n1. The molecule has 1 saturated heterocycles. The summed E-state index contributed by atoms with van der Waals surface area (Å²) < 4.78 is 38.6. The molecule has 14 heteroatoms. The van der Waals surface area contributed by atoms with E-state index in [1.54, 1.807) is 5.01 Å². The van der Waals surface area contributed by atoms with Crippen LogP contribution >= 0.6 is 11.9 Å². The highest BCUT2D eigenvalue weighted by Gasteiger charge is 2.33. The highest BCUT2D eigenvalue weighted by atomic mass is 32.3. The number of hydrazine groups is 1. The number of urea groups is 1. The van der Waals surface area contributed by atoms with Gasteiger partial charge in [-0.05, 0) is 22.9 Å². The largest absolute Gasteiger partial charge is 0.481 e. The summed E-state index contributed by atoms with van der Waals surface area (Å²) in [5.74, 6) is 0.754. The molecule has 0 aromatic carbocycles. The number of aromatic nitrogens is 2. The van der Waals surface area contributed by atoms with Gasteiger partial charge >= 0.3 is 16.2 Å². The maximum Gasteiger partial charge on any atom is 0.367 e. The number of hydrogen-bond acceptors (Lipinski definition) is 9. The van der Waals surface area contributed by atoms with Crippen molar-refractivity contribution < 1.29 is 22.7 Å². The van der Waals surface area contributed by atoms with Gasteiger partial charge in [0.25, 0.3) is 0 Å². The van der Waals surface area contributed by atoms with Crippen LogP contribution in [-0.4, -0.2) is 66.3 Å². The number of ether oxygens (including phenoxy) is 2. The summed E-state index contributed by atoms with van der Waals surface area (Å²) in [6.07, 6.45) is 0.777. The molecule has 12 nitrogen and oxygen atoms in total. The highest BCUT2D eigenvalue weighted by Crippen LogP contribution is 2.27. The lowest BCUT2D eigenvalue weighted by atomic mass is 10.5. The number of methoxy groups -OCH3 is 2. The average Bonchev–Trinajstić information content (AvgIpc) is 3.09. The van der Waals surface area contributed by atoms with Crippen molar-refractivity contribution in [2.75, 3.05) is 38.4 Å². The Morgan fingerprint density at radius 3 is 2.58 bits per heavy atom. The summed E-state index contributed by atoms with van der Waals surface area (Å²) in [6, 6.07) is 0.365. The Morgan fingerprint density at radius 1 is 1.35 bits per heavy atom. The van der Waals surface area contributed by atoms with E-state index < -0.39 is 16.2 Å². The van der Waals surface area contributed by atoms with Gasteiger partial charge in [-0.25, -0.2) is 9.80 Å². The van der Waals surface area contributed by atoms with Gasteiger partial charge in [0, 0.05) is 18.8 Å². The normalized spacial score (nSPS) is 16.1. The molecule has 2 heterocycles. The summed E-state index contributed by atoms with van der Waals surface area (Å²) >= 11 is 1.09. The maximum absolute atomic E-state index is 12.2. The van der Waals surface area contributed by atoms with E-state index in [1.807, 2.05) is 6.92 Å². The van der Waals surface area contributed by atoms with Crippen molar-refractivity contribution in [3.05, 3.63) is 6.07 Å². The Kier molecular flexibility index (Phi) is 7.07. The fourth-order valence-electron chi connectivity index (χ4n) is 1.96. The predicted octanol–water partition coefficient (Wildman–Crippen LogP) is 1.31. The lowest BCUT2D eigenvalue weighted by Crippen LogP contribution is -2.37. The molecule has 1 aromatic rings. The lowest BCUT2D eigenvalue weighted by molar-refractivity contribution is 0.174. The van der Waals surface area contributed by atoms with Gasteiger partial charge in [0.15, 0.2) is 0 Å². The monoisotopic (exact) mass is 405 g/mol. The minimum atomic E-state index is -4.11. The lowest BCUT2D eigenvalue weighted by Gasteiger charge is -2.22. The van der Waals surface area contributed by atoms with E-state index in [-0.39, 0.29) is 17.7 Å². The minimum Gasteiger partial charge on any atom is -0.481 e. The number of nitrogens with one attached hydrogen (secondary N) is 1. The fraction of sp³-hybridized carbons (Fsp3) is 0.583. The van der Waals surface area contributed by atoms with Crippen LogP contribution in [0.25, 0.3) is 0 Å². The Morgan fingerprint density at radius 2 is 2.00 bits per heavy atom. The third-order valence-electron chi connectivity index (χ3n) is 3.01. The second kappa shape index (κ2) is 9.07. The van der Waals surface area contributed by atoms with Crippen LogP contribution in [0.2, 0.25) is 0 Å². The number of hydrogen-bond donors (Lipinski definition) is 1. The van der Waals surface area contributed by atoms with Crippen molar-refractivity contribution in [1.82, 2.24) is 18.8 Å². The molecular weight excluding hydrogens is 386 g/mol. The first-order valence-corrected chi connectivity index (χ1v) is 9.87. The second-order valence-corrected chi connectivity index (χ2v) is 7.51. The summed E-state index contributed by atoms with van der Waals surface area (Å²) in [4.78, 5) is 19.6. The summed E-state index contributed by atoms with van der Waals surface area (Å²) in [6.45, 7) is 3.08. The summed E-state index contributed by atoms with van der Waals surface area (Å²) in [5.41, 5.74) is 0. The first-order valence-electron chi connectivity index (χ1n) is 7.53. The van der Waals surface area contributed by atoms with Gasteiger partial charge in [0.1, 0.15) is 0 Å². The van der Waals surface area contributed by atoms with Crippen molar-refractivity contribution >= 4 is 34.1 Å².